The van der Waals surface area contributed by atoms with Gasteiger partial charge in [0.2, 0.25) is 0 Å². The molecule has 0 aromatic rings. The Hall–Kier alpha value is -0.490. The molecule has 2 aliphatic rings. The maximum Gasteiger partial charge on any atom is 0.136 e. The van der Waals surface area contributed by atoms with Crippen LogP contribution in [0, 0.1) is 29.6 Å². The summed E-state index contributed by atoms with van der Waals surface area (Å²) in [5.41, 5.74) is 24.0. The van der Waals surface area contributed by atoms with E-state index in [-0.39, 0.29) is 17.8 Å². The van der Waals surface area contributed by atoms with Crippen LogP contribution in [0.1, 0.15) is 97.8 Å². The second-order valence-corrected chi connectivity index (χ2v) is 10.3. The smallest absolute Gasteiger partial charge is 0.136 e. The van der Waals surface area contributed by atoms with E-state index in [1.54, 1.807) is 0 Å². The van der Waals surface area contributed by atoms with Gasteiger partial charge in [0, 0.05) is 12.3 Å². The molecule has 8 N–H and O–H groups in total. The highest BCUT2D eigenvalue weighted by Crippen LogP contribution is 2.45. The van der Waals surface area contributed by atoms with Gasteiger partial charge in [0.25, 0.3) is 0 Å². The van der Waals surface area contributed by atoms with Crippen molar-refractivity contribution < 1.29 is 4.79 Å². The van der Waals surface area contributed by atoms with Crippen LogP contribution in [0.15, 0.2) is 0 Å². The molecule has 0 aliphatic heterocycles. The van der Waals surface area contributed by atoms with Crippen molar-refractivity contribution in [3.63, 3.8) is 0 Å². The highest BCUT2D eigenvalue weighted by atomic mass is 16.1. The van der Waals surface area contributed by atoms with E-state index in [0.29, 0.717) is 17.6 Å². The summed E-state index contributed by atoms with van der Waals surface area (Å²) in [5.74, 6) is 1.89. The monoisotopic (exact) mass is 394 g/mol. The fourth-order valence-electron chi connectivity index (χ4n) is 5.58. The maximum absolute atomic E-state index is 13.4. The van der Waals surface area contributed by atoms with Gasteiger partial charge in [-0.05, 0) is 68.6 Å². The maximum atomic E-state index is 13.4. The molecule has 4 unspecified atom stereocenters. The largest absolute Gasteiger partial charge is 0.313 e. The van der Waals surface area contributed by atoms with Crippen molar-refractivity contribution in [3.8, 4) is 0 Å². The van der Waals surface area contributed by atoms with Crippen LogP contribution in [0.4, 0.5) is 0 Å². The van der Waals surface area contributed by atoms with Crippen LogP contribution in [0.5, 0.6) is 0 Å². The van der Waals surface area contributed by atoms with Crippen LogP contribution in [-0.2, 0) is 4.79 Å². The van der Waals surface area contributed by atoms with E-state index in [2.05, 4.69) is 20.8 Å². The van der Waals surface area contributed by atoms with Crippen molar-refractivity contribution in [2.24, 2.45) is 52.5 Å². The second-order valence-electron chi connectivity index (χ2n) is 10.3. The van der Waals surface area contributed by atoms with E-state index < -0.39 is 11.3 Å². The van der Waals surface area contributed by atoms with Crippen LogP contribution in [0.25, 0.3) is 0 Å². The average molecular weight is 395 g/mol. The summed E-state index contributed by atoms with van der Waals surface area (Å²) in [5, 5.41) is 0. The summed E-state index contributed by atoms with van der Waals surface area (Å²) in [4.78, 5) is 13.4. The molecule has 0 aromatic carbocycles. The first-order chi connectivity index (χ1) is 13.1. The number of unbranched alkanes of at least 4 members (excludes halogenated alkanes) is 4. The number of Topliss-reactive ketones (excluding diaryl/α,β-unsaturated/α-hetero) is 1. The third-order valence-corrected chi connectivity index (χ3v) is 7.96. The molecular formula is C23H46N4O. The summed E-state index contributed by atoms with van der Waals surface area (Å²) < 4.78 is 0. The lowest BCUT2D eigenvalue weighted by atomic mass is 9.61. The molecule has 164 valence electrons. The molecule has 2 fully saturated rings. The lowest BCUT2D eigenvalue weighted by molar-refractivity contribution is -0.129. The summed E-state index contributed by atoms with van der Waals surface area (Å²) in [6, 6.07) is 0. The lowest BCUT2D eigenvalue weighted by Gasteiger charge is -2.47. The van der Waals surface area contributed by atoms with Crippen LogP contribution in [-0.4, -0.2) is 17.1 Å². The predicted octanol–water partition coefficient (Wildman–Crippen LogP) is 3.63. The molecule has 0 aromatic heterocycles. The minimum absolute atomic E-state index is 0.128. The van der Waals surface area contributed by atoms with Crippen molar-refractivity contribution in [2.75, 3.05) is 0 Å². The van der Waals surface area contributed by atoms with Crippen molar-refractivity contribution in [3.05, 3.63) is 0 Å². The standard InChI is InChI=1S/C23H46N4O/c1-4-5-6-7-8-9-20(28)21(18-10-12-22(24,25)16(2)14-18)19-11-13-23(26,27)17(3)15-19/h16-19,21H,4-15,24-27H2,1-3H3. The minimum Gasteiger partial charge on any atom is -0.313 e. The van der Waals surface area contributed by atoms with Gasteiger partial charge in [0.15, 0.2) is 0 Å². The van der Waals surface area contributed by atoms with Crippen LogP contribution >= 0.6 is 0 Å². The molecule has 28 heavy (non-hydrogen) atoms. The third-order valence-electron chi connectivity index (χ3n) is 7.96. The number of ketones is 1. The Bertz CT molecular complexity index is 473. The highest BCUT2D eigenvalue weighted by molar-refractivity contribution is 5.81. The minimum atomic E-state index is -0.590. The molecule has 5 nitrogen and oxygen atoms in total. The third kappa shape index (κ3) is 6.01. The van der Waals surface area contributed by atoms with Gasteiger partial charge in [0.1, 0.15) is 5.78 Å². The van der Waals surface area contributed by atoms with Gasteiger partial charge in [-0.1, -0.05) is 46.5 Å². The van der Waals surface area contributed by atoms with Crippen LogP contribution < -0.4 is 22.9 Å². The molecule has 2 saturated carbocycles. The number of rotatable bonds is 9. The van der Waals surface area contributed by atoms with Crippen molar-refractivity contribution >= 4 is 5.78 Å². The Morgan fingerprint density at radius 1 is 0.857 bits per heavy atom. The van der Waals surface area contributed by atoms with Gasteiger partial charge in [-0.3, -0.25) is 4.79 Å². The van der Waals surface area contributed by atoms with Crippen molar-refractivity contribution in [1.29, 1.82) is 0 Å². The summed E-state index contributed by atoms with van der Waals surface area (Å²) >= 11 is 0. The zero-order valence-corrected chi connectivity index (χ0v) is 18.6. The van der Waals surface area contributed by atoms with Crippen molar-refractivity contribution in [1.82, 2.24) is 0 Å². The fraction of sp³-hybridized carbons (Fsp3) is 0.957. The Balaban J connectivity index is 2.06. The SMILES string of the molecule is CCCCCCCC(=O)C(C1CCC(N)(N)C(C)C1)C1CCC(N)(N)C(C)C1. The first kappa shape index (κ1) is 23.8. The average Bonchev–Trinajstić information content (AvgIpc) is 2.61. The van der Waals surface area contributed by atoms with Crippen molar-refractivity contribution in [2.45, 2.75) is 109 Å². The molecule has 5 heteroatoms. The Morgan fingerprint density at radius 3 is 1.75 bits per heavy atom. The normalized spacial score (nSPS) is 33.4. The number of hydrogen-bond acceptors (Lipinski definition) is 5. The van der Waals surface area contributed by atoms with E-state index >= 15 is 0 Å². The molecule has 0 bridgehead atoms. The number of carbonyl (C=O) groups excluding carboxylic acids is 1. The first-order valence-corrected chi connectivity index (χ1v) is 11.8. The molecule has 4 atom stereocenters. The van der Waals surface area contributed by atoms with Crippen LogP contribution in [0.3, 0.4) is 0 Å². The Morgan fingerprint density at radius 2 is 1.32 bits per heavy atom. The summed E-state index contributed by atoms with van der Waals surface area (Å²) in [7, 11) is 0. The highest BCUT2D eigenvalue weighted by Gasteiger charge is 2.45. The summed E-state index contributed by atoms with van der Waals surface area (Å²) in [6.45, 7) is 6.51. The zero-order valence-electron chi connectivity index (χ0n) is 18.6. The van der Waals surface area contributed by atoms with Gasteiger partial charge in [-0.15, -0.1) is 0 Å². The van der Waals surface area contributed by atoms with Gasteiger partial charge in [-0.25, -0.2) is 0 Å². The van der Waals surface area contributed by atoms with Crippen LogP contribution in [0.2, 0.25) is 0 Å². The zero-order chi connectivity index (χ0) is 20.9. The van der Waals surface area contributed by atoms with Gasteiger partial charge < -0.3 is 22.9 Å². The quantitative estimate of drug-likeness (QED) is 0.351. The van der Waals surface area contributed by atoms with E-state index in [1.807, 2.05) is 0 Å². The summed E-state index contributed by atoms with van der Waals surface area (Å²) in [6.07, 6.45) is 12.1. The molecule has 2 aliphatic carbocycles. The van der Waals surface area contributed by atoms with Gasteiger partial charge in [0.05, 0.1) is 11.3 Å². The van der Waals surface area contributed by atoms with Gasteiger partial charge >= 0.3 is 0 Å². The Labute approximate surface area is 172 Å². The number of nitrogens with two attached hydrogens (primary N) is 4. The van der Waals surface area contributed by atoms with E-state index in [1.165, 1.54) is 19.3 Å². The molecule has 0 radical (unpaired) electrons. The van der Waals surface area contributed by atoms with Gasteiger partial charge in [-0.2, -0.15) is 0 Å². The van der Waals surface area contributed by atoms with E-state index in [9.17, 15) is 4.79 Å². The number of hydrogen-bond donors (Lipinski definition) is 4. The Kier molecular flexibility index (Phi) is 8.51. The molecular weight excluding hydrogens is 348 g/mol. The predicted molar refractivity (Wildman–Crippen MR) is 117 cm³/mol. The second kappa shape index (κ2) is 10.0. The van der Waals surface area contributed by atoms with E-state index in [0.717, 1.165) is 57.8 Å². The molecule has 0 saturated heterocycles. The number of carbonyl (C=O) groups is 1. The lowest BCUT2D eigenvalue weighted by Crippen LogP contribution is -2.59. The molecule has 2 rings (SSSR count). The molecule has 0 heterocycles. The molecule has 0 spiro atoms. The van der Waals surface area contributed by atoms with E-state index in [4.69, 9.17) is 22.9 Å². The topological polar surface area (TPSA) is 121 Å². The fourth-order valence-corrected chi connectivity index (χ4v) is 5.58. The first-order valence-electron chi connectivity index (χ1n) is 11.8. The molecule has 0 amide bonds.